The average Bonchev–Trinajstić information content (AvgIpc) is 2.35. The highest BCUT2D eigenvalue weighted by Crippen LogP contribution is 2.25. The van der Waals surface area contributed by atoms with Gasteiger partial charge in [-0.1, -0.05) is 18.2 Å². The van der Waals surface area contributed by atoms with E-state index in [1.54, 1.807) is 6.07 Å². The van der Waals surface area contributed by atoms with Crippen LogP contribution in [0.4, 0.5) is 0 Å². The van der Waals surface area contributed by atoms with Gasteiger partial charge in [0.15, 0.2) is 0 Å². The van der Waals surface area contributed by atoms with E-state index in [4.69, 9.17) is 15.5 Å². The van der Waals surface area contributed by atoms with E-state index in [9.17, 15) is 9.59 Å². The minimum Gasteiger partial charge on any atom is -0.478 e. The van der Waals surface area contributed by atoms with Crippen molar-refractivity contribution in [3.8, 4) is 6.07 Å². The molecule has 2 aromatic rings. The molecule has 2 N–H and O–H groups in total. The van der Waals surface area contributed by atoms with E-state index in [1.807, 2.05) is 0 Å². The zero-order valence-corrected chi connectivity index (χ0v) is 9.04. The molecule has 2 rings (SSSR count). The van der Waals surface area contributed by atoms with Crippen molar-refractivity contribution in [1.29, 1.82) is 5.26 Å². The van der Waals surface area contributed by atoms with Crippen molar-refractivity contribution >= 4 is 22.7 Å². The number of hydrogen-bond donors (Lipinski definition) is 2. The Kier molecular flexibility index (Phi) is 2.70. The van der Waals surface area contributed by atoms with Gasteiger partial charge in [0.25, 0.3) is 0 Å². The summed E-state index contributed by atoms with van der Waals surface area (Å²) < 4.78 is 0. The van der Waals surface area contributed by atoms with Gasteiger partial charge in [0, 0.05) is 0 Å². The number of rotatable bonds is 2. The van der Waals surface area contributed by atoms with E-state index in [1.165, 1.54) is 30.3 Å². The lowest BCUT2D eigenvalue weighted by molar-refractivity contribution is 0.0686. The first-order valence-corrected chi connectivity index (χ1v) is 4.98. The molecule has 0 aromatic heterocycles. The summed E-state index contributed by atoms with van der Waals surface area (Å²) in [5.74, 6) is -2.39. The highest BCUT2D eigenvalue weighted by molar-refractivity contribution is 6.11. The van der Waals surface area contributed by atoms with Crippen LogP contribution in [0.1, 0.15) is 26.3 Å². The minimum atomic E-state index is -1.25. The maximum Gasteiger partial charge on any atom is 0.337 e. The number of nitriles is 1. The van der Waals surface area contributed by atoms with Gasteiger partial charge < -0.3 is 10.2 Å². The molecule has 0 radical (unpaired) electrons. The quantitative estimate of drug-likeness (QED) is 0.838. The zero-order valence-electron chi connectivity index (χ0n) is 9.04. The molecule has 5 nitrogen and oxygen atoms in total. The molecular formula is C13H7NO4. The largest absolute Gasteiger partial charge is 0.478 e. The summed E-state index contributed by atoms with van der Waals surface area (Å²) >= 11 is 0. The van der Waals surface area contributed by atoms with Crippen LogP contribution in [0.5, 0.6) is 0 Å². The van der Waals surface area contributed by atoms with Gasteiger partial charge in [-0.3, -0.25) is 0 Å². The normalized spacial score (nSPS) is 9.94. The first kappa shape index (κ1) is 11.6. The summed E-state index contributed by atoms with van der Waals surface area (Å²) in [4.78, 5) is 22.2. The average molecular weight is 241 g/mol. The number of nitrogens with zero attached hydrogens (tertiary/aromatic N) is 1. The third-order valence-corrected chi connectivity index (χ3v) is 2.63. The molecule has 0 atom stereocenters. The maximum absolute atomic E-state index is 11.2. The van der Waals surface area contributed by atoms with Crippen LogP contribution in [-0.2, 0) is 0 Å². The predicted molar refractivity (Wildman–Crippen MR) is 62.6 cm³/mol. The fraction of sp³-hybridized carbons (Fsp3) is 0. The molecule has 88 valence electrons. The Bertz CT molecular complexity index is 713. The van der Waals surface area contributed by atoms with Gasteiger partial charge in [0.05, 0.1) is 16.7 Å². The molecule has 0 spiro atoms. The maximum atomic E-state index is 11.2. The number of carboxylic acids is 2. The van der Waals surface area contributed by atoms with Gasteiger partial charge in [-0.2, -0.15) is 5.26 Å². The molecule has 0 amide bonds. The van der Waals surface area contributed by atoms with Gasteiger partial charge in [-0.15, -0.1) is 0 Å². The van der Waals surface area contributed by atoms with E-state index in [2.05, 4.69) is 0 Å². The first-order chi connectivity index (χ1) is 8.56. The molecule has 0 saturated carbocycles. The van der Waals surface area contributed by atoms with Crippen LogP contribution >= 0.6 is 0 Å². The molecule has 0 fully saturated rings. The zero-order chi connectivity index (χ0) is 13.3. The Morgan fingerprint density at radius 1 is 1.00 bits per heavy atom. The summed E-state index contributed by atoms with van der Waals surface area (Å²) in [6, 6.07) is 8.90. The van der Waals surface area contributed by atoms with Gasteiger partial charge in [-0.25, -0.2) is 9.59 Å². The second kappa shape index (κ2) is 4.18. The lowest BCUT2D eigenvalue weighted by atomic mass is 9.96. The molecule has 0 aliphatic rings. The van der Waals surface area contributed by atoms with Gasteiger partial charge in [0.1, 0.15) is 6.07 Å². The molecular weight excluding hydrogens is 234 g/mol. The summed E-state index contributed by atoms with van der Waals surface area (Å²) in [6.45, 7) is 0. The highest BCUT2D eigenvalue weighted by Gasteiger charge is 2.17. The molecule has 0 heterocycles. The number of carbonyl (C=O) groups is 2. The van der Waals surface area contributed by atoms with E-state index in [-0.39, 0.29) is 22.1 Å². The van der Waals surface area contributed by atoms with Crippen molar-refractivity contribution in [3.63, 3.8) is 0 Å². The van der Waals surface area contributed by atoms with Crippen LogP contribution in [0.2, 0.25) is 0 Å². The standard InChI is InChI=1S/C13H7NO4/c14-6-7-4-5-8-9(11(7)13(17)18)2-1-3-10(8)12(15)16/h1-5H,(H,15,16)(H,17,18). The lowest BCUT2D eigenvalue weighted by Crippen LogP contribution is -2.04. The van der Waals surface area contributed by atoms with Crippen molar-refractivity contribution in [2.45, 2.75) is 0 Å². The summed E-state index contributed by atoms with van der Waals surface area (Å²) in [6.07, 6.45) is 0. The van der Waals surface area contributed by atoms with Crippen LogP contribution in [0.15, 0.2) is 30.3 Å². The summed E-state index contributed by atoms with van der Waals surface area (Å²) in [7, 11) is 0. The second-order valence-electron chi connectivity index (χ2n) is 3.61. The van der Waals surface area contributed by atoms with Gasteiger partial charge in [-0.05, 0) is 22.9 Å². The van der Waals surface area contributed by atoms with Crippen LogP contribution in [0.25, 0.3) is 10.8 Å². The van der Waals surface area contributed by atoms with Crippen LogP contribution in [0.3, 0.4) is 0 Å². The van der Waals surface area contributed by atoms with Gasteiger partial charge in [0.2, 0.25) is 0 Å². The van der Waals surface area contributed by atoms with Crippen molar-refractivity contribution in [2.24, 2.45) is 0 Å². The summed E-state index contributed by atoms with van der Waals surface area (Å²) in [5, 5.41) is 27.6. The van der Waals surface area contributed by atoms with Crippen molar-refractivity contribution in [1.82, 2.24) is 0 Å². The number of aromatic carboxylic acids is 2. The number of carboxylic acid groups (broad SMARTS) is 2. The Morgan fingerprint density at radius 3 is 2.28 bits per heavy atom. The van der Waals surface area contributed by atoms with E-state index in [0.29, 0.717) is 5.39 Å². The topological polar surface area (TPSA) is 98.4 Å². The number of benzene rings is 2. The third-order valence-electron chi connectivity index (χ3n) is 2.63. The monoisotopic (exact) mass is 241 g/mol. The molecule has 2 aromatic carbocycles. The van der Waals surface area contributed by atoms with Crippen LogP contribution < -0.4 is 0 Å². The highest BCUT2D eigenvalue weighted by atomic mass is 16.4. The fourth-order valence-corrected chi connectivity index (χ4v) is 1.87. The molecule has 18 heavy (non-hydrogen) atoms. The Labute approximate surface area is 102 Å². The molecule has 0 saturated heterocycles. The Morgan fingerprint density at radius 2 is 1.72 bits per heavy atom. The van der Waals surface area contributed by atoms with E-state index in [0.717, 1.165) is 0 Å². The second-order valence-corrected chi connectivity index (χ2v) is 3.61. The van der Waals surface area contributed by atoms with Crippen LogP contribution in [0, 0.1) is 11.3 Å². The van der Waals surface area contributed by atoms with Crippen LogP contribution in [-0.4, -0.2) is 22.2 Å². The molecule has 0 aliphatic carbocycles. The number of fused-ring (bicyclic) bond motifs is 1. The smallest absolute Gasteiger partial charge is 0.337 e. The van der Waals surface area contributed by atoms with Gasteiger partial charge >= 0.3 is 11.9 Å². The predicted octanol–water partition coefficient (Wildman–Crippen LogP) is 2.11. The molecule has 0 aliphatic heterocycles. The third kappa shape index (κ3) is 1.66. The van der Waals surface area contributed by atoms with E-state index >= 15 is 0 Å². The lowest BCUT2D eigenvalue weighted by Gasteiger charge is -2.06. The summed E-state index contributed by atoms with van der Waals surface area (Å²) in [5.41, 5.74) is -0.143. The molecule has 5 heteroatoms. The Balaban J connectivity index is 2.96. The molecule has 0 unspecified atom stereocenters. The van der Waals surface area contributed by atoms with Crippen molar-refractivity contribution < 1.29 is 19.8 Å². The fourth-order valence-electron chi connectivity index (χ4n) is 1.87. The SMILES string of the molecule is N#Cc1ccc2c(C(=O)O)cccc2c1C(=O)O. The number of hydrogen-bond acceptors (Lipinski definition) is 3. The molecule has 0 bridgehead atoms. The van der Waals surface area contributed by atoms with E-state index < -0.39 is 11.9 Å². The van der Waals surface area contributed by atoms with Crippen molar-refractivity contribution in [3.05, 3.63) is 47.0 Å². The Hall–Kier alpha value is -2.87. The van der Waals surface area contributed by atoms with Crippen molar-refractivity contribution in [2.75, 3.05) is 0 Å². The minimum absolute atomic E-state index is 0.0116. The first-order valence-electron chi connectivity index (χ1n) is 4.98.